The van der Waals surface area contributed by atoms with Crippen molar-refractivity contribution in [1.82, 2.24) is 16.0 Å². The number of aliphatic carboxylic acids is 2. The number of rotatable bonds is 15. The number of carboxylic acids is 2. The molecule has 178 valence electrons. The van der Waals surface area contributed by atoms with Gasteiger partial charge in [-0.1, -0.05) is 0 Å². The first kappa shape index (κ1) is 29.0. The van der Waals surface area contributed by atoms with Crippen LogP contribution in [0.2, 0.25) is 0 Å². The molecule has 0 aromatic rings. The Labute approximate surface area is 189 Å². The molecule has 0 bridgehead atoms. The van der Waals surface area contributed by atoms with Crippen LogP contribution >= 0.6 is 24.4 Å². The van der Waals surface area contributed by atoms with Gasteiger partial charge in [0.25, 0.3) is 0 Å². The van der Waals surface area contributed by atoms with Crippen LogP contribution in [0.15, 0.2) is 0 Å². The zero-order valence-electron chi connectivity index (χ0n) is 17.2. The molecule has 5 unspecified atom stereocenters. The summed E-state index contributed by atoms with van der Waals surface area (Å²) in [6, 6.07) is -5.10. The quantitative estimate of drug-likeness (QED) is 0.118. The van der Waals surface area contributed by atoms with E-state index >= 15 is 0 Å². The van der Waals surface area contributed by atoms with E-state index in [2.05, 4.69) is 28.6 Å². The molecule has 0 spiro atoms. The number of thioether (sulfide) groups is 1. The lowest BCUT2D eigenvalue weighted by atomic mass is 10.1. The third-order valence-electron chi connectivity index (χ3n) is 4.14. The number of aliphatic hydroxyl groups excluding tert-OH is 1. The van der Waals surface area contributed by atoms with E-state index in [1.54, 1.807) is 6.26 Å². The molecule has 8 N–H and O–H groups in total. The number of hydrogen-bond acceptors (Lipinski definition) is 9. The number of carbonyl (C=O) groups excluding carboxylic acids is 3. The fourth-order valence-electron chi connectivity index (χ4n) is 2.26. The second-order valence-electron chi connectivity index (χ2n) is 6.68. The van der Waals surface area contributed by atoms with E-state index in [1.165, 1.54) is 18.7 Å². The van der Waals surface area contributed by atoms with Gasteiger partial charge in [0.1, 0.15) is 24.2 Å². The number of aliphatic hydroxyl groups is 1. The Balaban J connectivity index is 5.31. The summed E-state index contributed by atoms with van der Waals surface area (Å²) in [5, 5.41) is 34.4. The monoisotopic (exact) mass is 482 g/mol. The molecule has 3 amide bonds. The second-order valence-corrected chi connectivity index (χ2v) is 8.04. The topological polar surface area (TPSA) is 208 Å². The molecule has 0 saturated heterocycles. The van der Waals surface area contributed by atoms with Crippen molar-refractivity contribution in [2.24, 2.45) is 5.73 Å². The van der Waals surface area contributed by atoms with E-state index in [0.717, 1.165) is 0 Å². The normalized spacial score (nSPS) is 15.6. The standard InChI is InChI=1S/C17H30N4O8S2/c1-8(22)13(18)16(27)21-11(7-30)15(26)19-9(3-4-12(23)24)14(25)20-10(17(28)29)5-6-31-2/h8-11,13,22,30H,3-7,18H2,1-2H3,(H,19,26)(H,20,25)(H,21,27)(H,23,24)(H,28,29). The lowest BCUT2D eigenvalue weighted by Crippen LogP contribution is -2.58. The Kier molecular flexibility index (Phi) is 13.9. The molecular weight excluding hydrogens is 452 g/mol. The molecule has 0 heterocycles. The molecule has 0 aliphatic rings. The highest BCUT2D eigenvalue weighted by Crippen LogP contribution is 2.05. The highest BCUT2D eigenvalue weighted by atomic mass is 32.2. The average Bonchev–Trinajstić information content (AvgIpc) is 2.70. The van der Waals surface area contributed by atoms with E-state index in [-0.39, 0.29) is 18.6 Å². The first-order valence-electron chi connectivity index (χ1n) is 9.33. The number of hydrogen-bond donors (Lipinski definition) is 8. The molecule has 0 rings (SSSR count). The number of amides is 3. The molecule has 31 heavy (non-hydrogen) atoms. The summed E-state index contributed by atoms with van der Waals surface area (Å²) >= 11 is 5.36. The zero-order valence-corrected chi connectivity index (χ0v) is 18.9. The molecule has 0 saturated carbocycles. The number of carboxylic acid groups (broad SMARTS) is 2. The van der Waals surface area contributed by atoms with Crippen LogP contribution in [-0.2, 0) is 24.0 Å². The van der Waals surface area contributed by atoms with Crippen LogP contribution in [0.4, 0.5) is 0 Å². The van der Waals surface area contributed by atoms with Crippen LogP contribution in [0.1, 0.15) is 26.2 Å². The van der Waals surface area contributed by atoms with E-state index in [9.17, 15) is 34.2 Å². The zero-order chi connectivity index (χ0) is 24.1. The molecule has 14 heteroatoms. The van der Waals surface area contributed by atoms with Gasteiger partial charge < -0.3 is 37.0 Å². The van der Waals surface area contributed by atoms with Crippen molar-refractivity contribution in [1.29, 1.82) is 0 Å². The molecular formula is C17H30N4O8S2. The van der Waals surface area contributed by atoms with E-state index in [4.69, 9.17) is 10.8 Å². The van der Waals surface area contributed by atoms with Crippen LogP contribution in [-0.4, -0.2) is 93.0 Å². The number of nitrogens with one attached hydrogen (secondary N) is 3. The van der Waals surface area contributed by atoms with Crippen molar-refractivity contribution < 1.29 is 39.3 Å². The predicted molar refractivity (Wildman–Crippen MR) is 117 cm³/mol. The van der Waals surface area contributed by atoms with Crippen molar-refractivity contribution in [3.63, 3.8) is 0 Å². The van der Waals surface area contributed by atoms with Gasteiger partial charge in [-0.2, -0.15) is 24.4 Å². The lowest BCUT2D eigenvalue weighted by Gasteiger charge is -2.24. The van der Waals surface area contributed by atoms with Crippen molar-refractivity contribution in [3.05, 3.63) is 0 Å². The predicted octanol–water partition coefficient (Wildman–Crippen LogP) is -2.22. The molecule has 12 nitrogen and oxygen atoms in total. The van der Waals surface area contributed by atoms with Gasteiger partial charge in [0.2, 0.25) is 17.7 Å². The molecule has 0 fully saturated rings. The molecule has 0 aliphatic carbocycles. The summed E-state index contributed by atoms with van der Waals surface area (Å²) in [7, 11) is 0. The van der Waals surface area contributed by atoms with Crippen LogP contribution in [0, 0.1) is 0 Å². The van der Waals surface area contributed by atoms with Crippen LogP contribution in [0.25, 0.3) is 0 Å². The van der Waals surface area contributed by atoms with Gasteiger partial charge in [-0.3, -0.25) is 19.2 Å². The van der Waals surface area contributed by atoms with Gasteiger partial charge in [0.15, 0.2) is 0 Å². The van der Waals surface area contributed by atoms with Gasteiger partial charge in [-0.25, -0.2) is 4.79 Å². The largest absolute Gasteiger partial charge is 0.481 e. The van der Waals surface area contributed by atoms with Crippen molar-refractivity contribution in [2.75, 3.05) is 17.8 Å². The maximum Gasteiger partial charge on any atom is 0.326 e. The highest BCUT2D eigenvalue weighted by Gasteiger charge is 2.30. The van der Waals surface area contributed by atoms with Crippen molar-refractivity contribution in [2.45, 2.75) is 56.5 Å². The summed E-state index contributed by atoms with van der Waals surface area (Å²) in [5.41, 5.74) is 5.51. The van der Waals surface area contributed by atoms with Gasteiger partial charge in [0, 0.05) is 12.2 Å². The second kappa shape index (κ2) is 14.9. The minimum Gasteiger partial charge on any atom is -0.481 e. The molecule has 5 atom stereocenters. The summed E-state index contributed by atoms with van der Waals surface area (Å²) in [5.74, 6) is -4.73. The Morgan fingerprint density at radius 1 is 0.935 bits per heavy atom. The average molecular weight is 483 g/mol. The Bertz CT molecular complexity index is 650. The van der Waals surface area contributed by atoms with Gasteiger partial charge in [-0.15, -0.1) is 0 Å². The van der Waals surface area contributed by atoms with E-state index in [0.29, 0.717) is 5.75 Å². The molecule has 0 radical (unpaired) electrons. The number of carbonyl (C=O) groups is 5. The van der Waals surface area contributed by atoms with E-state index < -0.39 is 66.4 Å². The summed E-state index contributed by atoms with van der Waals surface area (Å²) < 4.78 is 0. The molecule has 0 aliphatic heterocycles. The summed E-state index contributed by atoms with van der Waals surface area (Å²) in [6.07, 6.45) is -0.0409. The highest BCUT2D eigenvalue weighted by molar-refractivity contribution is 7.98. The smallest absolute Gasteiger partial charge is 0.326 e. The molecule has 0 aromatic heterocycles. The Morgan fingerprint density at radius 3 is 1.90 bits per heavy atom. The third-order valence-corrected chi connectivity index (χ3v) is 5.15. The first-order chi connectivity index (χ1) is 14.4. The van der Waals surface area contributed by atoms with Gasteiger partial charge >= 0.3 is 11.9 Å². The summed E-state index contributed by atoms with van der Waals surface area (Å²) in [4.78, 5) is 59.3. The minimum atomic E-state index is -1.36. The van der Waals surface area contributed by atoms with Gasteiger partial charge in [0.05, 0.1) is 6.10 Å². The minimum absolute atomic E-state index is 0.133. The van der Waals surface area contributed by atoms with Crippen molar-refractivity contribution in [3.8, 4) is 0 Å². The van der Waals surface area contributed by atoms with Crippen molar-refractivity contribution >= 4 is 54.1 Å². The third kappa shape index (κ3) is 11.2. The van der Waals surface area contributed by atoms with Crippen LogP contribution in [0.3, 0.4) is 0 Å². The molecule has 0 aromatic carbocycles. The Hall–Kier alpha value is -2.03. The SMILES string of the molecule is CSCCC(NC(=O)C(CCC(=O)O)NC(=O)C(CS)NC(=O)C(N)C(C)O)C(=O)O. The summed E-state index contributed by atoms with van der Waals surface area (Å²) in [6.45, 7) is 1.29. The maximum atomic E-state index is 12.6. The number of thiol groups is 1. The first-order valence-corrected chi connectivity index (χ1v) is 11.4. The maximum absolute atomic E-state index is 12.6. The fourth-order valence-corrected chi connectivity index (χ4v) is 2.98. The Morgan fingerprint density at radius 2 is 1.45 bits per heavy atom. The van der Waals surface area contributed by atoms with Gasteiger partial charge in [-0.05, 0) is 31.8 Å². The van der Waals surface area contributed by atoms with E-state index in [1.807, 2.05) is 0 Å². The lowest BCUT2D eigenvalue weighted by molar-refractivity contribution is -0.143. The van der Waals surface area contributed by atoms with Crippen LogP contribution < -0.4 is 21.7 Å². The fraction of sp³-hybridized carbons (Fsp3) is 0.706. The number of nitrogens with two attached hydrogens (primary N) is 1. The van der Waals surface area contributed by atoms with Crippen LogP contribution in [0.5, 0.6) is 0 Å².